The van der Waals surface area contributed by atoms with Gasteiger partial charge in [0.1, 0.15) is 5.75 Å². The van der Waals surface area contributed by atoms with Gasteiger partial charge in [0.25, 0.3) is 0 Å². The second-order valence-corrected chi connectivity index (χ2v) is 6.44. The van der Waals surface area contributed by atoms with E-state index in [1.54, 1.807) is 0 Å². The van der Waals surface area contributed by atoms with Gasteiger partial charge < -0.3 is 10.1 Å². The summed E-state index contributed by atoms with van der Waals surface area (Å²) in [6.45, 7) is 0.829. The minimum absolute atomic E-state index is 0.423. The largest absolute Gasteiger partial charge is 0.490 e. The fourth-order valence-corrected chi connectivity index (χ4v) is 2.92. The molecule has 0 atom stereocenters. The molecule has 0 heterocycles. The average molecular weight is 346 g/mol. The molecule has 0 spiro atoms. The van der Waals surface area contributed by atoms with Crippen LogP contribution in [-0.2, 0) is 6.54 Å². The zero-order chi connectivity index (χ0) is 14.5. The van der Waals surface area contributed by atoms with Crippen LogP contribution in [0.15, 0.2) is 53.0 Å². The number of rotatable bonds is 5. The summed E-state index contributed by atoms with van der Waals surface area (Å²) < 4.78 is 7.08. The van der Waals surface area contributed by atoms with Gasteiger partial charge in [0, 0.05) is 16.7 Å². The first-order valence-corrected chi connectivity index (χ1v) is 8.34. The van der Waals surface area contributed by atoms with Crippen molar-refractivity contribution in [2.75, 3.05) is 5.32 Å². The molecule has 0 aliphatic heterocycles. The fraction of sp³-hybridized carbons (Fsp3) is 0.333. The summed E-state index contributed by atoms with van der Waals surface area (Å²) in [6.07, 6.45) is 5.42. The highest BCUT2D eigenvalue weighted by atomic mass is 79.9. The van der Waals surface area contributed by atoms with Crippen LogP contribution in [0.5, 0.6) is 5.75 Å². The van der Waals surface area contributed by atoms with Crippen molar-refractivity contribution in [2.45, 2.75) is 38.3 Å². The third-order valence-corrected chi connectivity index (χ3v) is 4.40. The molecule has 3 rings (SSSR count). The molecule has 0 bridgehead atoms. The Bertz CT molecular complexity index is 559. The molecule has 0 unspecified atom stereocenters. The Kier molecular flexibility index (Phi) is 4.81. The van der Waals surface area contributed by atoms with Gasteiger partial charge in [-0.25, -0.2) is 0 Å². The van der Waals surface area contributed by atoms with Crippen LogP contribution >= 0.6 is 15.9 Å². The van der Waals surface area contributed by atoms with Crippen LogP contribution in [-0.4, -0.2) is 6.10 Å². The lowest BCUT2D eigenvalue weighted by Crippen LogP contribution is -2.10. The Hall–Kier alpha value is -1.48. The van der Waals surface area contributed by atoms with Gasteiger partial charge >= 0.3 is 0 Å². The van der Waals surface area contributed by atoms with E-state index in [0.717, 1.165) is 22.5 Å². The van der Waals surface area contributed by atoms with E-state index in [4.69, 9.17) is 4.74 Å². The molecular weight excluding hydrogens is 326 g/mol. The van der Waals surface area contributed by atoms with Crippen molar-refractivity contribution < 1.29 is 4.74 Å². The lowest BCUT2D eigenvalue weighted by atomic mass is 10.2. The predicted molar refractivity (Wildman–Crippen MR) is 90.8 cm³/mol. The Morgan fingerprint density at radius 1 is 0.952 bits per heavy atom. The Balaban J connectivity index is 1.52. The van der Waals surface area contributed by atoms with E-state index in [1.165, 1.54) is 31.2 Å². The smallest absolute Gasteiger partial charge is 0.119 e. The van der Waals surface area contributed by atoms with Crippen molar-refractivity contribution >= 4 is 21.6 Å². The van der Waals surface area contributed by atoms with Crippen LogP contribution in [0.25, 0.3) is 0 Å². The summed E-state index contributed by atoms with van der Waals surface area (Å²) in [5.74, 6) is 0.982. The Labute approximate surface area is 134 Å². The highest BCUT2D eigenvalue weighted by molar-refractivity contribution is 9.10. The third kappa shape index (κ3) is 4.24. The number of hydrogen-bond acceptors (Lipinski definition) is 2. The van der Waals surface area contributed by atoms with Gasteiger partial charge in [-0.2, -0.15) is 0 Å². The Morgan fingerprint density at radius 2 is 1.62 bits per heavy atom. The summed E-state index contributed by atoms with van der Waals surface area (Å²) in [6, 6.07) is 16.7. The van der Waals surface area contributed by atoms with E-state index in [1.807, 2.05) is 0 Å². The predicted octanol–water partition coefficient (Wildman–Crippen LogP) is 5.38. The van der Waals surface area contributed by atoms with Crippen LogP contribution in [0.3, 0.4) is 0 Å². The minimum Gasteiger partial charge on any atom is -0.490 e. The van der Waals surface area contributed by atoms with E-state index in [0.29, 0.717) is 6.10 Å². The monoisotopic (exact) mass is 345 g/mol. The summed E-state index contributed by atoms with van der Waals surface area (Å²) >= 11 is 3.45. The molecule has 0 aromatic heterocycles. The number of halogens is 1. The number of nitrogens with one attached hydrogen (secondary N) is 1. The molecule has 2 aromatic rings. The molecule has 1 aliphatic carbocycles. The number of anilines is 1. The van der Waals surface area contributed by atoms with Crippen LogP contribution in [0, 0.1) is 0 Å². The maximum atomic E-state index is 5.97. The maximum absolute atomic E-state index is 5.97. The van der Waals surface area contributed by atoms with Gasteiger partial charge in [-0.05, 0) is 67.6 Å². The molecule has 1 fully saturated rings. The second kappa shape index (κ2) is 6.99. The molecule has 0 amide bonds. The van der Waals surface area contributed by atoms with Crippen molar-refractivity contribution in [2.24, 2.45) is 0 Å². The van der Waals surface area contributed by atoms with E-state index in [-0.39, 0.29) is 0 Å². The van der Waals surface area contributed by atoms with Crippen molar-refractivity contribution in [3.63, 3.8) is 0 Å². The Morgan fingerprint density at radius 3 is 2.29 bits per heavy atom. The van der Waals surface area contributed by atoms with E-state index >= 15 is 0 Å². The second-order valence-electron chi connectivity index (χ2n) is 5.53. The van der Waals surface area contributed by atoms with E-state index < -0.39 is 0 Å². The molecule has 0 saturated heterocycles. The van der Waals surface area contributed by atoms with E-state index in [2.05, 4.69) is 69.8 Å². The van der Waals surface area contributed by atoms with Crippen molar-refractivity contribution in [3.05, 3.63) is 58.6 Å². The third-order valence-electron chi connectivity index (χ3n) is 3.87. The summed E-state index contributed by atoms with van der Waals surface area (Å²) in [4.78, 5) is 0. The molecule has 1 saturated carbocycles. The quantitative estimate of drug-likeness (QED) is 0.784. The molecule has 110 valence electrons. The van der Waals surface area contributed by atoms with Gasteiger partial charge in [0.05, 0.1) is 6.10 Å². The van der Waals surface area contributed by atoms with Crippen molar-refractivity contribution in [3.8, 4) is 5.75 Å². The van der Waals surface area contributed by atoms with Gasteiger partial charge in [0.15, 0.2) is 0 Å². The lowest BCUT2D eigenvalue weighted by Gasteiger charge is -2.13. The normalized spacial score (nSPS) is 15.1. The molecule has 3 heteroatoms. The molecule has 2 nitrogen and oxygen atoms in total. The van der Waals surface area contributed by atoms with Crippen LogP contribution < -0.4 is 10.1 Å². The lowest BCUT2D eigenvalue weighted by molar-refractivity contribution is 0.210. The van der Waals surface area contributed by atoms with Gasteiger partial charge in [-0.3, -0.25) is 0 Å². The maximum Gasteiger partial charge on any atom is 0.119 e. The highest BCUT2D eigenvalue weighted by Crippen LogP contribution is 2.25. The van der Waals surface area contributed by atoms with E-state index in [9.17, 15) is 0 Å². The van der Waals surface area contributed by atoms with Crippen LogP contribution in [0.4, 0.5) is 5.69 Å². The molecule has 0 radical (unpaired) electrons. The fourth-order valence-electron chi connectivity index (χ4n) is 2.66. The summed E-state index contributed by atoms with van der Waals surface area (Å²) in [5, 5.41) is 3.43. The summed E-state index contributed by atoms with van der Waals surface area (Å²) in [5.41, 5.74) is 2.39. The zero-order valence-corrected chi connectivity index (χ0v) is 13.6. The average Bonchev–Trinajstić information content (AvgIpc) is 3.01. The number of hydrogen-bond donors (Lipinski definition) is 1. The first-order valence-electron chi connectivity index (χ1n) is 7.55. The van der Waals surface area contributed by atoms with Crippen LogP contribution in [0.2, 0.25) is 0 Å². The van der Waals surface area contributed by atoms with Crippen LogP contribution in [0.1, 0.15) is 31.2 Å². The van der Waals surface area contributed by atoms with Crippen molar-refractivity contribution in [1.29, 1.82) is 0 Å². The summed E-state index contributed by atoms with van der Waals surface area (Å²) in [7, 11) is 0. The number of ether oxygens (including phenoxy) is 1. The van der Waals surface area contributed by atoms with Gasteiger partial charge in [-0.1, -0.05) is 28.1 Å². The van der Waals surface area contributed by atoms with Gasteiger partial charge in [0.2, 0.25) is 0 Å². The molecular formula is C18H20BrNO. The van der Waals surface area contributed by atoms with Gasteiger partial charge in [-0.15, -0.1) is 0 Å². The zero-order valence-electron chi connectivity index (χ0n) is 12.0. The SMILES string of the molecule is Brc1ccc(CNc2ccc(OC3CCCC3)cc2)cc1. The highest BCUT2D eigenvalue weighted by Gasteiger charge is 2.16. The number of benzene rings is 2. The minimum atomic E-state index is 0.423. The molecule has 21 heavy (non-hydrogen) atoms. The molecule has 1 aliphatic rings. The first-order chi connectivity index (χ1) is 10.3. The molecule has 1 N–H and O–H groups in total. The standard InChI is InChI=1S/C18H20BrNO/c19-15-7-5-14(6-8-15)13-20-16-9-11-18(12-10-16)21-17-3-1-2-4-17/h5-12,17,20H,1-4,13H2. The van der Waals surface area contributed by atoms with Crippen molar-refractivity contribution in [1.82, 2.24) is 0 Å². The first kappa shape index (κ1) is 14.5. The topological polar surface area (TPSA) is 21.3 Å². The molecule has 2 aromatic carbocycles.